The third-order valence-electron chi connectivity index (χ3n) is 2.67. The van der Waals surface area contributed by atoms with Crippen LogP contribution < -0.4 is 10.0 Å². The highest BCUT2D eigenvalue weighted by Gasteiger charge is 2.28. The SMILES string of the molecule is CNc1ccc2c(c1)NS(=O)(=O)N(CCO)C2. The Hall–Kier alpha value is -1.31. The van der Waals surface area contributed by atoms with Gasteiger partial charge in [-0.05, 0) is 17.7 Å². The Kier molecular flexibility index (Phi) is 3.23. The van der Waals surface area contributed by atoms with Crippen molar-refractivity contribution >= 4 is 21.6 Å². The Morgan fingerprint density at radius 1 is 1.53 bits per heavy atom. The predicted octanol–water partition coefficient (Wildman–Crippen LogP) is 0.193. The van der Waals surface area contributed by atoms with E-state index in [1.54, 1.807) is 13.1 Å². The molecule has 0 saturated heterocycles. The number of hydrogen-bond acceptors (Lipinski definition) is 4. The molecule has 1 aliphatic heterocycles. The number of nitrogens with zero attached hydrogens (tertiary/aromatic N) is 1. The minimum Gasteiger partial charge on any atom is -0.395 e. The molecule has 1 aromatic carbocycles. The van der Waals surface area contributed by atoms with Crippen molar-refractivity contribution in [3.63, 3.8) is 0 Å². The van der Waals surface area contributed by atoms with Gasteiger partial charge in [-0.1, -0.05) is 6.07 Å². The predicted molar refractivity (Wildman–Crippen MR) is 66.0 cm³/mol. The number of aliphatic hydroxyl groups excluding tert-OH is 1. The van der Waals surface area contributed by atoms with Crippen LogP contribution in [0.3, 0.4) is 0 Å². The van der Waals surface area contributed by atoms with Crippen LogP contribution in [0.25, 0.3) is 0 Å². The Bertz CT molecular complexity index is 516. The minimum atomic E-state index is -3.53. The van der Waals surface area contributed by atoms with E-state index in [1.807, 2.05) is 12.1 Å². The molecule has 0 aromatic heterocycles. The lowest BCUT2D eigenvalue weighted by atomic mass is 10.1. The van der Waals surface area contributed by atoms with Crippen molar-refractivity contribution in [1.29, 1.82) is 0 Å². The topological polar surface area (TPSA) is 81.7 Å². The Morgan fingerprint density at radius 2 is 2.29 bits per heavy atom. The third kappa shape index (κ3) is 2.36. The van der Waals surface area contributed by atoms with Crippen LogP contribution in [0, 0.1) is 0 Å². The summed E-state index contributed by atoms with van der Waals surface area (Å²) in [6, 6.07) is 5.51. The number of rotatable bonds is 3. The number of hydrogen-bond donors (Lipinski definition) is 3. The van der Waals surface area contributed by atoms with Crippen molar-refractivity contribution in [2.75, 3.05) is 30.2 Å². The summed E-state index contributed by atoms with van der Waals surface area (Å²) in [7, 11) is -1.75. The van der Waals surface area contributed by atoms with Gasteiger partial charge in [0.05, 0.1) is 12.3 Å². The zero-order valence-electron chi connectivity index (χ0n) is 9.47. The van der Waals surface area contributed by atoms with Crippen LogP contribution in [-0.4, -0.2) is 38.0 Å². The summed E-state index contributed by atoms with van der Waals surface area (Å²) in [5.74, 6) is 0. The van der Waals surface area contributed by atoms with E-state index in [0.29, 0.717) is 5.69 Å². The number of aliphatic hydroxyl groups is 1. The molecule has 0 spiro atoms. The largest absolute Gasteiger partial charge is 0.395 e. The molecule has 0 unspecified atom stereocenters. The summed E-state index contributed by atoms with van der Waals surface area (Å²) in [6.45, 7) is 0.197. The van der Waals surface area contributed by atoms with Gasteiger partial charge in [0.25, 0.3) is 0 Å². The molecule has 1 heterocycles. The van der Waals surface area contributed by atoms with Crippen LogP contribution in [0.1, 0.15) is 5.56 Å². The van der Waals surface area contributed by atoms with E-state index in [0.717, 1.165) is 11.3 Å². The maximum Gasteiger partial charge on any atom is 0.302 e. The summed E-state index contributed by atoms with van der Waals surface area (Å²) < 4.78 is 27.3. The number of fused-ring (bicyclic) bond motifs is 1. The van der Waals surface area contributed by atoms with Crippen LogP contribution in [0.2, 0.25) is 0 Å². The Balaban J connectivity index is 2.36. The van der Waals surface area contributed by atoms with Gasteiger partial charge in [0.1, 0.15) is 0 Å². The summed E-state index contributed by atoms with van der Waals surface area (Å²) in [6.07, 6.45) is 0. The van der Waals surface area contributed by atoms with E-state index < -0.39 is 10.2 Å². The molecule has 17 heavy (non-hydrogen) atoms. The number of β-amino-alcohol motifs (C(OH)–C–C–N with tert-alkyl or cyclic N) is 1. The van der Waals surface area contributed by atoms with Crippen molar-refractivity contribution in [1.82, 2.24) is 4.31 Å². The lowest BCUT2D eigenvalue weighted by molar-refractivity contribution is 0.251. The smallest absolute Gasteiger partial charge is 0.302 e. The maximum absolute atomic E-state index is 11.8. The second kappa shape index (κ2) is 4.52. The quantitative estimate of drug-likeness (QED) is 0.722. The standard InChI is InChI=1S/C10H15N3O3S/c1-11-9-3-2-8-7-13(4-5-14)17(15,16)12-10(8)6-9/h2-3,6,11-12,14H,4-5,7H2,1H3. The molecule has 0 bridgehead atoms. The summed E-state index contributed by atoms with van der Waals surface area (Å²) in [4.78, 5) is 0. The highest BCUT2D eigenvalue weighted by atomic mass is 32.2. The Labute approximate surface area is 100 Å². The average molecular weight is 257 g/mol. The molecule has 2 rings (SSSR count). The van der Waals surface area contributed by atoms with Crippen molar-refractivity contribution in [2.45, 2.75) is 6.54 Å². The number of anilines is 2. The summed E-state index contributed by atoms with van der Waals surface area (Å²) in [5.41, 5.74) is 2.33. The van der Waals surface area contributed by atoms with Crippen LogP contribution in [0.15, 0.2) is 18.2 Å². The van der Waals surface area contributed by atoms with Crippen LogP contribution in [-0.2, 0) is 16.8 Å². The van der Waals surface area contributed by atoms with E-state index in [-0.39, 0.29) is 19.7 Å². The van der Waals surface area contributed by atoms with E-state index in [4.69, 9.17) is 5.11 Å². The van der Waals surface area contributed by atoms with E-state index in [1.165, 1.54) is 4.31 Å². The molecule has 1 aliphatic rings. The minimum absolute atomic E-state index is 0.0998. The van der Waals surface area contributed by atoms with E-state index in [2.05, 4.69) is 10.0 Å². The van der Waals surface area contributed by atoms with Gasteiger partial charge in [-0.15, -0.1) is 0 Å². The normalized spacial score (nSPS) is 18.2. The first kappa shape index (κ1) is 12.2. The molecule has 3 N–H and O–H groups in total. The van der Waals surface area contributed by atoms with Crippen LogP contribution in [0.5, 0.6) is 0 Å². The van der Waals surface area contributed by atoms with Gasteiger partial charge < -0.3 is 10.4 Å². The summed E-state index contributed by atoms with van der Waals surface area (Å²) in [5, 5.41) is 11.8. The fraction of sp³-hybridized carbons (Fsp3) is 0.400. The van der Waals surface area contributed by atoms with Gasteiger partial charge in [0.2, 0.25) is 0 Å². The molecule has 94 valence electrons. The molecule has 0 radical (unpaired) electrons. The van der Waals surface area contributed by atoms with Gasteiger partial charge in [0.15, 0.2) is 0 Å². The lowest BCUT2D eigenvalue weighted by Crippen LogP contribution is -2.40. The first-order valence-electron chi connectivity index (χ1n) is 5.26. The van der Waals surface area contributed by atoms with Gasteiger partial charge in [-0.3, -0.25) is 4.72 Å². The molecule has 0 aliphatic carbocycles. The highest BCUT2D eigenvalue weighted by Crippen LogP contribution is 2.28. The zero-order chi connectivity index (χ0) is 12.5. The second-order valence-corrected chi connectivity index (χ2v) is 5.46. The van der Waals surface area contributed by atoms with Crippen molar-refractivity contribution in [2.24, 2.45) is 0 Å². The number of benzene rings is 1. The Morgan fingerprint density at radius 3 is 2.94 bits per heavy atom. The third-order valence-corrected chi connectivity index (χ3v) is 4.14. The van der Waals surface area contributed by atoms with Crippen molar-refractivity contribution in [3.8, 4) is 0 Å². The molecule has 7 heteroatoms. The van der Waals surface area contributed by atoms with Crippen LogP contribution in [0.4, 0.5) is 11.4 Å². The first-order chi connectivity index (χ1) is 8.06. The van der Waals surface area contributed by atoms with E-state index in [9.17, 15) is 8.42 Å². The molecule has 6 nitrogen and oxygen atoms in total. The van der Waals surface area contributed by atoms with Crippen molar-refractivity contribution < 1.29 is 13.5 Å². The second-order valence-electron chi connectivity index (χ2n) is 3.79. The van der Waals surface area contributed by atoms with E-state index >= 15 is 0 Å². The molecular formula is C10H15N3O3S. The number of nitrogens with one attached hydrogen (secondary N) is 2. The van der Waals surface area contributed by atoms with Gasteiger partial charge in [0, 0.05) is 25.8 Å². The van der Waals surface area contributed by atoms with Gasteiger partial charge in [-0.2, -0.15) is 12.7 Å². The van der Waals surface area contributed by atoms with Gasteiger partial charge >= 0.3 is 10.2 Å². The van der Waals surface area contributed by atoms with Crippen molar-refractivity contribution in [3.05, 3.63) is 23.8 Å². The molecule has 1 aromatic rings. The monoisotopic (exact) mass is 257 g/mol. The fourth-order valence-electron chi connectivity index (χ4n) is 1.75. The molecule has 0 saturated carbocycles. The lowest BCUT2D eigenvalue weighted by Gasteiger charge is -2.28. The zero-order valence-corrected chi connectivity index (χ0v) is 10.3. The highest BCUT2D eigenvalue weighted by molar-refractivity contribution is 7.90. The molecule has 0 atom stereocenters. The first-order valence-corrected chi connectivity index (χ1v) is 6.70. The van der Waals surface area contributed by atoms with Gasteiger partial charge in [-0.25, -0.2) is 0 Å². The average Bonchev–Trinajstić information content (AvgIpc) is 2.29. The molecule has 0 fully saturated rings. The summed E-state index contributed by atoms with van der Waals surface area (Å²) >= 11 is 0. The van der Waals surface area contributed by atoms with Crippen LogP contribution >= 0.6 is 0 Å². The maximum atomic E-state index is 11.8. The molecule has 0 amide bonds. The fourth-order valence-corrected chi connectivity index (χ4v) is 2.98. The molecular weight excluding hydrogens is 242 g/mol.